The zero-order valence-electron chi connectivity index (χ0n) is 38.4. The van der Waals surface area contributed by atoms with Crippen molar-refractivity contribution in [2.75, 3.05) is 0 Å². The molecule has 14 rings (SSSR count). The Bertz CT molecular complexity index is 4110. The van der Waals surface area contributed by atoms with Crippen LogP contribution in [0.25, 0.3) is 94.2 Å². The Hall–Kier alpha value is -9.21. The van der Waals surface area contributed by atoms with E-state index >= 15 is 0 Å². The molecule has 0 amide bonds. The average Bonchev–Trinajstić information content (AvgIpc) is 4.15. The quantitative estimate of drug-likeness (QED) is 0.0723. The van der Waals surface area contributed by atoms with Gasteiger partial charge in [-0.25, -0.2) is 9.97 Å². The topological polar surface area (TPSA) is 66.6 Å². The molecule has 6 heterocycles. The molecule has 0 aliphatic carbocycles. The van der Waals surface area contributed by atoms with Crippen LogP contribution < -0.4 is 15.7 Å². The molecule has 0 spiro atoms. The smallest absolute Gasteiger partial charge is 0.354 e. The molecule has 8 aromatic carbocycles. The summed E-state index contributed by atoms with van der Waals surface area (Å²) >= 11 is 0. The van der Waals surface area contributed by atoms with Crippen LogP contribution in [0.5, 0.6) is 11.5 Å². The molecule has 0 unspecified atom stereocenters. The van der Waals surface area contributed by atoms with Crippen LogP contribution in [0.1, 0.15) is 12.5 Å². The summed E-state index contributed by atoms with van der Waals surface area (Å²) in [6, 6.07) is 68.4. The predicted molar refractivity (Wildman–Crippen MR) is 290 cm³/mol. The molecule has 5 aromatic heterocycles. The van der Waals surface area contributed by atoms with E-state index in [0.29, 0.717) is 0 Å². The number of aromatic nitrogens is 6. The second-order valence-corrected chi connectivity index (χ2v) is 18.0. The number of allylic oxidation sites excluding steroid dienone is 4. The van der Waals surface area contributed by atoms with Gasteiger partial charge in [0.05, 0.1) is 44.1 Å². The van der Waals surface area contributed by atoms with Crippen molar-refractivity contribution in [3.63, 3.8) is 0 Å². The molecule has 13 aromatic rings. The van der Waals surface area contributed by atoms with Crippen LogP contribution in [-0.4, -0.2) is 40.8 Å². The summed E-state index contributed by atoms with van der Waals surface area (Å²) in [4.78, 5) is 17.1. The Kier molecular flexibility index (Phi) is 8.94. The Morgan fingerprint density at radius 2 is 1.03 bits per heavy atom. The van der Waals surface area contributed by atoms with Gasteiger partial charge in [-0.2, -0.15) is 0 Å². The van der Waals surface area contributed by atoms with Crippen molar-refractivity contribution in [1.82, 2.24) is 28.1 Å². The molecular formula is C61H42BN7O. The maximum Gasteiger partial charge on any atom is 0.354 e. The van der Waals surface area contributed by atoms with Crippen LogP contribution >= 0.6 is 0 Å². The number of imidazole rings is 2. The highest BCUT2D eigenvalue weighted by atomic mass is 16.5. The molecule has 0 atom stereocenters. The standard InChI is InChI=1S/C61H42BN7O/c1-3-4-5-36-56(65-62-46-26-10-16-34-54(46)70-55-35-17-11-27-47(55)62)69-60-39(2)20-18-33-53(60)68-52-32-19-25-41(59(52)64-61(68)69)40-37-57(66-48-28-12-6-21-42(48)43-22-7-13-29-49(43)66)63-58(38-40)67-50-30-14-8-23-44(50)45-24-9-15-31-51(45)67/h3-38H,1-2H3/b4-3-,36-5-,65-56?. The van der Waals surface area contributed by atoms with Gasteiger partial charge in [-0.3, -0.25) is 18.1 Å². The highest BCUT2D eigenvalue weighted by Gasteiger charge is 2.32. The van der Waals surface area contributed by atoms with Crippen molar-refractivity contribution in [3.05, 3.63) is 224 Å². The van der Waals surface area contributed by atoms with Crippen LogP contribution in [0, 0.1) is 6.92 Å². The largest absolute Gasteiger partial charge is 0.458 e. The second-order valence-electron chi connectivity index (χ2n) is 18.0. The van der Waals surface area contributed by atoms with Gasteiger partial charge in [-0.1, -0.05) is 152 Å². The van der Waals surface area contributed by atoms with Crippen molar-refractivity contribution in [3.8, 4) is 34.3 Å². The zero-order chi connectivity index (χ0) is 46.5. The summed E-state index contributed by atoms with van der Waals surface area (Å²) in [6.45, 7) is 3.87. The third-order valence-corrected chi connectivity index (χ3v) is 14.0. The van der Waals surface area contributed by atoms with E-state index in [1.165, 1.54) is 21.5 Å². The summed E-state index contributed by atoms with van der Waals surface area (Å²) in [5.74, 6) is 4.77. The molecule has 0 N–H and O–H groups in total. The molecule has 0 fully saturated rings. The van der Waals surface area contributed by atoms with Crippen molar-refractivity contribution in [2.45, 2.75) is 13.8 Å². The lowest BCUT2D eigenvalue weighted by Crippen LogP contribution is -2.46. The lowest BCUT2D eigenvalue weighted by molar-refractivity contribution is 0.487. The van der Waals surface area contributed by atoms with Crippen molar-refractivity contribution >= 4 is 95.1 Å². The monoisotopic (exact) mass is 899 g/mol. The first-order chi connectivity index (χ1) is 34.6. The molecule has 0 saturated carbocycles. The summed E-state index contributed by atoms with van der Waals surface area (Å²) in [5.41, 5.74) is 13.5. The molecule has 9 heteroatoms. The minimum absolute atomic E-state index is 0.330. The fourth-order valence-electron chi connectivity index (χ4n) is 10.9. The minimum Gasteiger partial charge on any atom is -0.458 e. The first kappa shape index (κ1) is 39.9. The molecule has 1 aliphatic heterocycles. The summed E-state index contributed by atoms with van der Waals surface area (Å²) in [7, 11) is 0. The van der Waals surface area contributed by atoms with Gasteiger partial charge in [0.1, 0.15) is 29.0 Å². The van der Waals surface area contributed by atoms with E-state index in [1.807, 2.05) is 43.3 Å². The third-order valence-electron chi connectivity index (χ3n) is 14.0. The lowest BCUT2D eigenvalue weighted by atomic mass is 9.50. The molecule has 0 bridgehead atoms. The number of hydrogen-bond acceptors (Lipinski definition) is 4. The average molecular weight is 900 g/mol. The van der Waals surface area contributed by atoms with Gasteiger partial charge in [0.25, 0.3) is 0 Å². The maximum absolute atomic E-state index is 6.45. The first-order valence-electron chi connectivity index (χ1n) is 23.8. The molecule has 0 radical (unpaired) electrons. The molecule has 70 heavy (non-hydrogen) atoms. The Balaban J connectivity index is 1.06. The van der Waals surface area contributed by atoms with Crippen LogP contribution in [0.15, 0.2) is 223 Å². The lowest BCUT2D eigenvalue weighted by Gasteiger charge is -2.24. The van der Waals surface area contributed by atoms with E-state index in [4.69, 9.17) is 19.6 Å². The third kappa shape index (κ3) is 5.94. The van der Waals surface area contributed by atoms with Crippen LogP contribution in [0.2, 0.25) is 0 Å². The maximum atomic E-state index is 6.45. The van der Waals surface area contributed by atoms with Gasteiger partial charge >= 0.3 is 6.85 Å². The van der Waals surface area contributed by atoms with Gasteiger partial charge < -0.3 is 9.64 Å². The van der Waals surface area contributed by atoms with Crippen LogP contribution in [-0.2, 0) is 0 Å². The van der Waals surface area contributed by atoms with E-state index in [2.05, 4.69) is 207 Å². The Morgan fingerprint density at radius 1 is 0.529 bits per heavy atom. The van der Waals surface area contributed by atoms with E-state index in [1.54, 1.807) is 0 Å². The van der Waals surface area contributed by atoms with E-state index in [9.17, 15) is 0 Å². The first-order valence-corrected chi connectivity index (χ1v) is 23.8. The summed E-state index contributed by atoms with van der Waals surface area (Å²) < 4.78 is 15.6. The number of ether oxygens (including phenoxy) is 1. The van der Waals surface area contributed by atoms with Crippen molar-refractivity contribution in [2.24, 2.45) is 4.90 Å². The number of nitrogens with zero attached hydrogens (tertiary/aromatic N) is 7. The number of benzene rings is 8. The number of para-hydroxylation sites is 8. The number of rotatable bonds is 6. The fourth-order valence-corrected chi connectivity index (χ4v) is 10.9. The molecular weight excluding hydrogens is 858 g/mol. The van der Waals surface area contributed by atoms with E-state index in [-0.39, 0.29) is 6.85 Å². The Labute approximate surface area is 403 Å². The summed E-state index contributed by atoms with van der Waals surface area (Å²) in [5, 5.41) is 4.72. The number of fused-ring (bicyclic) bond motifs is 13. The number of pyridine rings is 1. The van der Waals surface area contributed by atoms with Crippen LogP contribution in [0.4, 0.5) is 0 Å². The number of hydrogen-bond donors (Lipinski definition) is 0. The molecule has 0 saturated heterocycles. The second kappa shape index (κ2) is 15.7. The van der Waals surface area contributed by atoms with Gasteiger partial charge in [0.2, 0.25) is 5.78 Å². The van der Waals surface area contributed by atoms with Crippen molar-refractivity contribution in [1.29, 1.82) is 0 Å². The van der Waals surface area contributed by atoms with Crippen molar-refractivity contribution < 1.29 is 4.74 Å². The zero-order valence-corrected chi connectivity index (χ0v) is 38.4. The van der Waals surface area contributed by atoms with Gasteiger partial charge in [0.15, 0.2) is 0 Å². The molecule has 8 nitrogen and oxygen atoms in total. The van der Waals surface area contributed by atoms with Gasteiger partial charge in [-0.15, -0.1) is 0 Å². The normalized spacial score (nSPS) is 13.1. The van der Waals surface area contributed by atoms with Gasteiger partial charge in [-0.05, 0) is 103 Å². The number of aryl methyl sites for hydroxylation is 1. The molecule has 330 valence electrons. The predicted octanol–water partition coefficient (Wildman–Crippen LogP) is 13.3. The highest BCUT2D eigenvalue weighted by Crippen LogP contribution is 2.39. The fraction of sp³-hybridized carbons (Fsp3) is 0.0328. The highest BCUT2D eigenvalue weighted by molar-refractivity contribution is 6.86. The SMILES string of the molecule is C/C=C\C=C/C(=NB1c2ccccc2Oc2ccccc21)n1c2c(C)cccc2n2c3cccc(-c4cc(-n5c6ccccc6c6ccccc65)nc(-n5c6ccccc6c6ccccc65)c4)c3nc12. The van der Waals surface area contributed by atoms with Crippen LogP contribution in [0.3, 0.4) is 0 Å². The minimum atomic E-state index is -0.330. The van der Waals surface area contributed by atoms with E-state index in [0.717, 1.165) is 106 Å². The van der Waals surface area contributed by atoms with Gasteiger partial charge in [0, 0.05) is 27.1 Å². The van der Waals surface area contributed by atoms with E-state index < -0.39 is 0 Å². The Morgan fingerprint density at radius 3 is 1.60 bits per heavy atom. The molecule has 1 aliphatic rings. The summed E-state index contributed by atoms with van der Waals surface area (Å²) in [6.07, 6.45) is 8.25.